The fourth-order valence-corrected chi connectivity index (χ4v) is 4.15. The molecular formula is C21H22N4O2S. The first-order valence-electron chi connectivity index (χ1n) is 9.38. The van der Waals surface area contributed by atoms with Gasteiger partial charge in [-0.25, -0.2) is 0 Å². The molecule has 28 heavy (non-hydrogen) atoms. The lowest BCUT2D eigenvalue weighted by molar-refractivity contribution is -0.125. The number of nitrogens with zero attached hydrogens (tertiary/aromatic N) is 3. The third kappa shape index (κ3) is 4.14. The summed E-state index contributed by atoms with van der Waals surface area (Å²) in [4.78, 5) is 27.7. The highest BCUT2D eigenvalue weighted by molar-refractivity contribution is 7.12. The maximum Gasteiger partial charge on any atom is 0.264 e. The minimum Gasteiger partial charge on any atom is -0.350 e. The molecule has 1 aliphatic rings. The molecule has 0 saturated carbocycles. The number of amides is 2. The van der Waals surface area contributed by atoms with Crippen LogP contribution in [0.1, 0.15) is 33.6 Å². The Hall–Kier alpha value is -2.93. The molecule has 3 aromatic rings. The molecule has 1 aliphatic heterocycles. The van der Waals surface area contributed by atoms with Crippen LogP contribution in [0.2, 0.25) is 0 Å². The van der Waals surface area contributed by atoms with Gasteiger partial charge in [-0.2, -0.15) is 5.10 Å². The summed E-state index contributed by atoms with van der Waals surface area (Å²) in [6.07, 6.45) is 5.27. The second-order valence-corrected chi connectivity index (χ2v) is 7.82. The van der Waals surface area contributed by atoms with Gasteiger partial charge >= 0.3 is 0 Å². The van der Waals surface area contributed by atoms with Crippen LogP contribution >= 0.6 is 11.3 Å². The first kappa shape index (κ1) is 18.4. The van der Waals surface area contributed by atoms with Crippen molar-refractivity contribution in [2.75, 3.05) is 6.54 Å². The largest absolute Gasteiger partial charge is 0.350 e. The van der Waals surface area contributed by atoms with Crippen molar-refractivity contribution in [1.82, 2.24) is 20.0 Å². The Morgan fingerprint density at radius 3 is 2.68 bits per heavy atom. The van der Waals surface area contributed by atoms with Crippen LogP contribution < -0.4 is 5.32 Å². The zero-order chi connectivity index (χ0) is 19.3. The Balaban J connectivity index is 1.32. The molecule has 1 saturated heterocycles. The van der Waals surface area contributed by atoms with Gasteiger partial charge in [-0.05, 0) is 41.5 Å². The van der Waals surface area contributed by atoms with Crippen molar-refractivity contribution in [1.29, 1.82) is 0 Å². The number of hydrogen-bond acceptors (Lipinski definition) is 4. The number of carbonyl (C=O) groups is 2. The van der Waals surface area contributed by atoms with Gasteiger partial charge < -0.3 is 10.2 Å². The molecule has 0 aliphatic carbocycles. The van der Waals surface area contributed by atoms with Gasteiger partial charge in [0, 0.05) is 25.5 Å². The number of nitrogens with one attached hydrogen (secondary N) is 1. The van der Waals surface area contributed by atoms with Crippen LogP contribution in [0, 0.1) is 0 Å². The minimum atomic E-state index is -0.381. The standard InChI is InChI=1S/C21H22N4O2S/c26-20(18-4-1-12-25(18)21(27)19-5-2-13-28-19)22-14-16-6-8-17(9-7-16)15-24-11-3-10-23-24/h2-3,5-11,13,18H,1,4,12,14-15H2,(H,22,26)/t18-/m0/s1. The third-order valence-corrected chi connectivity index (χ3v) is 5.80. The van der Waals surface area contributed by atoms with Crippen LogP contribution in [0.25, 0.3) is 0 Å². The lowest BCUT2D eigenvalue weighted by atomic mass is 10.1. The molecule has 6 nitrogen and oxygen atoms in total. The van der Waals surface area contributed by atoms with Crippen molar-refractivity contribution in [3.05, 3.63) is 76.2 Å². The van der Waals surface area contributed by atoms with Gasteiger partial charge in [0.1, 0.15) is 6.04 Å². The van der Waals surface area contributed by atoms with Crippen molar-refractivity contribution < 1.29 is 9.59 Å². The molecule has 3 heterocycles. The van der Waals surface area contributed by atoms with Gasteiger partial charge in [-0.1, -0.05) is 30.3 Å². The number of aromatic nitrogens is 2. The highest BCUT2D eigenvalue weighted by atomic mass is 32.1. The second-order valence-electron chi connectivity index (χ2n) is 6.87. The number of benzene rings is 1. The molecule has 0 spiro atoms. The fourth-order valence-electron chi connectivity index (χ4n) is 3.47. The zero-order valence-corrected chi connectivity index (χ0v) is 16.3. The highest BCUT2D eigenvalue weighted by Crippen LogP contribution is 2.22. The number of carbonyl (C=O) groups excluding carboxylic acids is 2. The number of likely N-dealkylation sites (tertiary alicyclic amines) is 1. The molecule has 0 radical (unpaired) electrons. The Bertz CT molecular complexity index is 920. The molecule has 1 aromatic carbocycles. The Labute approximate surface area is 167 Å². The summed E-state index contributed by atoms with van der Waals surface area (Å²) in [5.74, 6) is -0.126. The fraction of sp³-hybridized carbons (Fsp3) is 0.286. The summed E-state index contributed by atoms with van der Waals surface area (Å²) < 4.78 is 1.87. The van der Waals surface area contributed by atoms with Gasteiger partial charge in [0.2, 0.25) is 5.91 Å². The molecule has 2 aromatic heterocycles. The van der Waals surface area contributed by atoms with E-state index in [2.05, 4.69) is 10.4 Å². The maximum atomic E-state index is 12.7. The third-order valence-electron chi connectivity index (χ3n) is 4.94. The van der Waals surface area contributed by atoms with E-state index in [-0.39, 0.29) is 17.9 Å². The average molecular weight is 395 g/mol. The molecule has 1 atom stereocenters. The number of hydrogen-bond donors (Lipinski definition) is 1. The molecule has 1 N–H and O–H groups in total. The van der Waals surface area contributed by atoms with Crippen molar-refractivity contribution in [2.45, 2.75) is 32.0 Å². The molecule has 0 unspecified atom stereocenters. The van der Waals surface area contributed by atoms with E-state index in [0.717, 1.165) is 24.1 Å². The first-order valence-corrected chi connectivity index (χ1v) is 10.3. The van der Waals surface area contributed by atoms with E-state index < -0.39 is 0 Å². The topological polar surface area (TPSA) is 67.2 Å². The van der Waals surface area contributed by atoms with Crippen LogP contribution in [0.4, 0.5) is 0 Å². The Morgan fingerprint density at radius 1 is 1.14 bits per heavy atom. The van der Waals surface area contributed by atoms with E-state index in [1.807, 2.05) is 58.7 Å². The molecule has 144 valence electrons. The van der Waals surface area contributed by atoms with Gasteiger partial charge in [0.25, 0.3) is 5.91 Å². The van der Waals surface area contributed by atoms with E-state index >= 15 is 0 Å². The molecule has 7 heteroatoms. The molecule has 1 fully saturated rings. The van der Waals surface area contributed by atoms with Crippen LogP contribution in [0.3, 0.4) is 0 Å². The first-order chi connectivity index (χ1) is 13.7. The molecule has 0 bridgehead atoms. The van der Waals surface area contributed by atoms with Gasteiger partial charge in [0.05, 0.1) is 11.4 Å². The average Bonchev–Trinajstić information content (AvgIpc) is 3.49. The van der Waals surface area contributed by atoms with Gasteiger partial charge in [-0.15, -0.1) is 11.3 Å². The van der Waals surface area contributed by atoms with Crippen molar-refractivity contribution in [3.8, 4) is 0 Å². The Kier molecular flexibility index (Phi) is 5.53. The van der Waals surface area contributed by atoms with E-state index in [9.17, 15) is 9.59 Å². The lowest BCUT2D eigenvalue weighted by Gasteiger charge is -2.23. The molecule has 4 rings (SSSR count). The number of thiophene rings is 1. The normalized spacial score (nSPS) is 16.3. The Morgan fingerprint density at radius 2 is 1.96 bits per heavy atom. The zero-order valence-electron chi connectivity index (χ0n) is 15.5. The summed E-state index contributed by atoms with van der Waals surface area (Å²) in [6.45, 7) is 1.82. The highest BCUT2D eigenvalue weighted by Gasteiger charge is 2.34. The summed E-state index contributed by atoms with van der Waals surface area (Å²) in [7, 11) is 0. The van der Waals surface area contributed by atoms with Crippen LogP contribution in [-0.2, 0) is 17.9 Å². The monoisotopic (exact) mass is 394 g/mol. The summed E-state index contributed by atoms with van der Waals surface area (Å²) in [6, 6.07) is 13.3. The van der Waals surface area contributed by atoms with Crippen LogP contribution in [-0.4, -0.2) is 39.1 Å². The predicted molar refractivity (Wildman–Crippen MR) is 108 cm³/mol. The minimum absolute atomic E-state index is 0.0457. The summed E-state index contributed by atoms with van der Waals surface area (Å²) >= 11 is 1.42. The van der Waals surface area contributed by atoms with E-state index in [0.29, 0.717) is 24.4 Å². The van der Waals surface area contributed by atoms with Crippen molar-refractivity contribution in [2.24, 2.45) is 0 Å². The van der Waals surface area contributed by atoms with E-state index in [4.69, 9.17) is 0 Å². The van der Waals surface area contributed by atoms with Crippen molar-refractivity contribution in [3.63, 3.8) is 0 Å². The van der Waals surface area contributed by atoms with E-state index in [1.54, 1.807) is 11.1 Å². The summed E-state index contributed by atoms with van der Waals surface area (Å²) in [5, 5.41) is 9.08. The maximum absolute atomic E-state index is 12.7. The number of rotatable bonds is 6. The van der Waals surface area contributed by atoms with E-state index in [1.165, 1.54) is 11.3 Å². The van der Waals surface area contributed by atoms with Crippen molar-refractivity contribution >= 4 is 23.2 Å². The van der Waals surface area contributed by atoms with Gasteiger partial charge in [-0.3, -0.25) is 14.3 Å². The quantitative estimate of drug-likeness (QED) is 0.699. The molecule has 2 amide bonds. The summed E-state index contributed by atoms with van der Waals surface area (Å²) in [5.41, 5.74) is 2.19. The van der Waals surface area contributed by atoms with Gasteiger partial charge in [0.15, 0.2) is 0 Å². The predicted octanol–water partition coefficient (Wildman–Crippen LogP) is 2.91. The SMILES string of the molecule is O=C(NCc1ccc(Cn2cccn2)cc1)[C@@H]1CCCN1C(=O)c1cccs1. The second kappa shape index (κ2) is 8.39. The van der Waals surface area contributed by atoms with Crippen LogP contribution in [0.15, 0.2) is 60.2 Å². The lowest BCUT2D eigenvalue weighted by Crippen LogP contribution is -2.45. The smallest absolute Gasteiger partial charge is 0.264 e. The molecular weight excluding hydrogens is 372 g/mol. The van der Waals surface area contributed by atoms with Crippen LogP contribution in [0.5, 0.6) is 0 Å².